The van der Waals surface area contributed by atoms with Gasteiger partial charge in [-0.2, -0.15) is 12.1 Å². The monoisotopic (exact) mass is 830 g/mol. The minimum Gasteiger partial charge on any atom is -0.358 e. The van der Waals surface area contributed by atoms with Gasteiger partial charge in [-0.25, -0.2) is 0 Å². The van der Waals surface area contributed by atoms with Crippen molar-refractivity contribution in [1.82, 2.24) is 0 Å². The maximum Gasteiger partial charge on any atom is 4.00 e. The maximum absolute atomic E-state index is 2.62. The quantitative estimate of drug-likeness (QED) is 0.111. The molecular weight excluding hydrogens is 771 g/mol. The van der Waals surface area contributed by atoms with E-state index in [1.54, 1.807) is 10.4 Å². The molecule has 0 N–H and O–H groups in total. The molecule has 0 fully saturated rings. The van der Waals surface area contributed by atoms with Crippen molar-refractivity contribution in [2.75, 3.05) is 0 Å². The molecule has 0 aliphatic rings. The number of fused-ring (bicyclic) bond motifs is 2. The minimum absolute atomic E-state index is 0. The number of hydrogen-bond acceptors (Lipinski definition) is 0. The Morgan fingerprint density at radius 2 is 0.980 bits per heavy atom. The summed E-state index contributed by atoms with van der Waals surface area (Å²) in [6.45, 7) is 23.3. The van der Waals surface area contributed by atoms with E-state index < -0.39 is 8.07 Å². The summed E-state index contributed by atoms with van der Waals surface area (Å²) < 4.78 is 0. The summed E-state index contributed by atoms with van der Waals surface area (Å²) in [7, 11) is -2.03. The Labute approximate surface area is 318 Å². The van der Waals surface area contributed by atoms with Gasteiger partial charge in [0.2, 0.25) is 0 Å². The zero-order valence-electron chi connectivity index (χ0n) is 32.4. The SMILES string of the molecule is CCCC[Si](C)(c1cc2c(-c3ccc(C(C)(C)C)cc3C)cccc2[cH-]1)c1cc2c(-c3ccc(C(C)(C)C)cc3C)cccc2[cH-]1.[CH3-].[CH3-].[Hf+4]. The normalized spacial score (nSPS) is 12.0. The number of hydrogen-bond donors (Lipinski definition) is 0. The van der Waals surface area contributed by atoms with Gasteiger partial charge in [0.15, 0.2) is 0 Å². The predicted octanol–water partition coefficient (Wildman–Crippen LogP) is 12.9. The van der Waals surface area contributed by atoms with Crippen molar-refractivity contribution in [2.45, 2.75) is 98.6 Å². The van der Waals surface area contributed by atoms with Crippen LogP contribution >= 0.6 is 0 Å². The molecule has 0 aliphatic heterocycles. The van der Waals surface area contributed by atoms with Crippen LogP contribution in [0.1, 0.15) is 83.6 Å². The fraction of sp³-hybridized carbons (Fsp3) is 0.319. The second-order valence-electron chi connectivity index (χ2n) is 16.1. The van der Waals surface area contributed by atoms with Gasteiger partial charge < -0.3 is 14.9 Å². The zero-order valence-corrected chi connectivity index (χ0v) is 37.0. The Morgan fingerprint density at radius 1 is 0.571 bits per heavy atom. The number of aryl methyl sites for hydroxylation is 2. The van der Waals surface area contributed by atoms with Crippen LogP contribution in [0.15, 0.2) is 97.1 Å². The molecule has 0 bridgehead atoms. The van der Waals surface area contributed by atoms with E-state index in [0.717, 1.165) is 0 Å². The Balaban J connectivity index is 0.00000217. The van der Waals surface area contributed by atoms with Crippen LogP contribution in [0.5, 0.6) is 0 Å². The van der Waals surface area contributed by atoms with E-state index >= 15 is 0 Å². The fourth-order valence-electron chi connectivity index (χ4n) is 7.43. The first-order valence-electron chi connectivity index (χ1n) is 17.3. The van der Waals surface area contributed by atoms with Crippen molar-refractivity contribution in [2.24, 2.45) is 0 Å². The first-order chi connectivity index (χ1) is 21.7. The molecule has 0 unspecified atom stereocenters. The van der Waals surface area contributed by atoms with Crippen LogP contribution in [0, 0.1) is 28.7 Å². The summed E-state index contributed by atoms with van der Waals surface area (Å²) in [4.78, 5) is 0. The number of rotatable bonds is 7. The van der Waals surface area contributed by atoms with E-state index in [1.165, 1.54) is 84.9 Å². The van der Waals surface area contributed by atoms with Crippen molar-refractivity contribution in [3.63, 3.8) is 0 Å². The molecular formula is C47H58HfSi. The van der Waals surface area contributed by atoms with Crippen molar-refractivity contribution in [3.05, 3.63) is 134 Å². The topological polar surface area (TPSA) is 0 Å². The van der Waals surface area contributed by atoms with Crippen molar-refractivity contribution in [3.8, 4) is 22.3 Å². The van der Waals surface area contributed by atoms with Gasteiger partial charge in [0.05, 0.1) is 8.07 Å². The molecule has 6 aromatic rings. The van der Waals surface area contributed by atoms with E-state index in [9.17, 15) is 0 Å². The van der Waals surface area contributed by atoms with E-state index in [2.05, 4.69) is 166 Å². The Morgan fingerprint density at radius 3 is 1.33 bits per heavy atom. The smallest absolute Gasteiger partial charge is 0.358 e. The van der Waals surface area contributed by atoms with Gasteiger partial charge in [0.1, 0.15) is 0 Å². The summed E-state index contributed by atoms with van der Waals surface area (Å²) in [5.41, 5.74) is 11.2. The van der Waals surface area contributed by atoms with Gasteiger partial charge in [0.25, 0.3) is 0 Å². The van der Waals surface area contributed by atoms with Gasteiger partial charge in [-0.1, -0.05) is 134 Å². The Bertz CT molecular complexity index is 1890. The summed E-state index contributed by atoms with van der Waals surface area (Å²) in [5, 5.41) is 8.66. The molecule has 0 nitrogen and oxygen atoms in total. The molecule has 0 radical (unpaired) electrons. The summed E-state index contributed by atoms with van der Waals surface area (Å²) in [6, 6.07) is 39.4. The molecule has 6 rings (SSSR count). The second-order valence-corrected chi connectivity index (χ2v) is 20.4. The molecule has 0 spiro atoms. The predicted molar refractivity (Wildman–Crippen MR) is 220 cm³/mol. The molecule has 254 valence electrons. The van der Waals surface area contributed by atoms with Crippen LogP contribution in [0.2, 0.25) is 12.6 Å². The second kappa shape index (κ2) is 15.2. The minimum atomic E-state index is -2.03. The van der Waals surface area contributed by atoms with Gasteiger partial charge in [-0.3, -0.25) is 0 Å². The first-order valence-corrected chi connectivity index (χ1v) is 20.0. The third kappa shape index (κ3) is 7.76. The maximum atomic E-state index is 2.62. The van der Waals surface area contributed by atoms with Crippen molar-refractivity contribution in [1.29, 1.82) is 0 Å². The molecule has 0 aliphatic carbocycles. The van der Waals surface area contributed by atoms with Crippen LogP contribution in [-0.2, 0) is 36.7 Å². The molecule has 6 aromatic carbocycles. The van der Waals surface area contributed by atoms with Crippen LogP contribution in [0.4, 0.5) is 0 Å². The number of benzene rings is 4. The standard InChI is InChI=1S/C45H52Si.2CH3.Hf/c1-11-12-23-46(10,36-26-32-15-13-17-40(42(32)28-36)38-21-19-34(24-30(38)2)44(4,5)6)37-27-33-16-14-18-41(43(33)29-37)39-22-20-35(25-31(39)3)45(7,8)9;;;/h13-22,24-29H,11-12,23H2,1-10H3;2*1H3;/q-2;2*-1;+4. The van der Waals surface area contributed by atoms with E-state index in [1.807, 2.05) is 0 Å². The third-order valence-corrected chi connectivity index (χ3v) is 15.1. The van der Waals surface area contributed by atoms with Crippen molar-refractivity contribution < 1.29 is 25.8 Å². The zero-order chi connectivity index (χ0) is 33.0. The van der Waals surface area contributed by atoms with Crippen LogP contribution in [-0.4, -0.2) is 8.07 Å². The van der Waals surface area contributed by atoms with E-state index in [-0.39, 0.29) is 51.5 Å². The Hall–Kier alpha value is -2.81. The fourth-order valence-corrected chi connectivity index (χ4v) is 11.3. The molecule has 0 saturated carbocycles. The summed E-state index contributed by atoms with van der Waals surface area (Å²) in [6.07, 6.45) is 2.48. The first kappa shape index (κ1) is 40.6. The molecule has 0 saturated heterocycles. The van der Waals surface area contributed by atoms with Crippen LogP contribution in [0.3, 0.4) is 0 Å². The Kier molecular flexibility index (Phi) is 12.6. The summed E-state index contributed by atoms with van der Waals surface area (Å²) >= 11 is 0. The van der Waals surface area contributed by atoms with Gasteiger partial charge in [0, 0.05) is 0 Å². The van der Waals surface area contributed by atoms with E-state index in [4.69, 9.17) is 0 Å². The molecule has 0 heterocycles. The van der Waals surface area contributed by atoms with Gasteiger partial charge in [-0.05, 0) is 58.1 Å². The average molecular weight is 830 g/mol. The molecule has 0 atom stereocenters. The van der Waals surface area contributed by atoms with Crippen molar-refractivity contribution >= 4 is 40.0 Å². The average Bonchev–Trinajstić information content (AvgIpc) is 3.65. The van der Waals surface area contributed by atoms with Crippen LogP contribution < -0.4 is 10.4 Å². The molecule has 0 amide bonds. The largest absolute Gasteiger partial charge is 4.00 e. The molecule has 2 heteroatoms. The molecule has 49 heavy (non-hydrogen) atoms. The molecule has 0 aromatic heterocycles. The third-order valence-electron chi connectivity index (χ3n) is 10.6. The van der Waals surface area contributed by atoms with E-state index in [0.29, 0.717) is 0 Å². The van der Waals surface area contributed by atoms with Gasteiger partial charge in [-0.15, -0.1) is 68.3 Å². The summed E-state index contributed by atoms with van der Waals surface area (Å²) in [5.74, 6) is 0. The number of unbranched alkanes of at least 4 members (excludes halogenated alkanes) is 1. The van der Waals surface area contributed by atoms with Crippen LogP contribution in [0.25, 0.3) is 43.8 Å². The van der Waals surface area contributed by atoms with Gasteiger partial charge >= 0.3 is 25.8 Å².